The van der Waals surface area contributed by atoms with Gasteiger partial charge in [0.1, 0.15) is 2.88 Å². The van der Waals surface area contributed by atoms with Crippen molar-refractivity contribution in [3.05, 3.63) is 23.9 Å². The molecular formula is C6HF3INO3S. The smallest absolute Gasteiger partial charge is 0.283 e. The van der Waals surface area contributed by atoms with Crippen molar-refractivity contribution >= 4 is 45.4 Å². The van der Waals surface area contributed by atoms with E-state index in [2.05, 4.69) is 0 Å². The van der Waals surface area contributed by atoms with E-state index in [0.717, 1.165) is 0 Å². The van der Waals surface area contributed by atoms with E-state index < -0.39 is 27.4 Å². The van der Waals surface area contributed by atoms with Crippen molar-refractivity contribution in [1.29, 1.82) is 0 Å². The van der Waals surface area contributed by atoms with Gasteiger partial charge in [-0.3, -0.25) is 14.9 Å². The Morgan fingerprint density at radius 1 is 1.53 bits per heavy atom. The molecule has 1 heterocycles. The normalized spacial score (nSPS) is 11.5. The summed E-state index contributed by atoms with van der Waals surface area (Å²) >= 11 is 1.97. The molecule has 0 atom stereocenters. The van der Waals surface area contributed by atoms with Crippen LogP contribution in [-0.4, -0.2) is 16.9 Å². The summed E-state index contributed by atoms with van der Waals surface area (Å²) in [5.41, 5.74) is -0.479. The SMILES string of the molecule is O=C(c1cc([N+](=O)[O-])c(I)s1)C(F)(F)F. The first-order valence-corrected chi connectivity index (χ1v) is 5.18. The van der Waals surface area contributed by atoms with Crippen molar-refractivity contribution in [1.82, 2.24) is 0 Å². The molecule has 0 amide bonds. The van der Waals surface area contributed by atoms with Crippen molar-refractivity contribution in [2.75, 3.05) is 0 Å². The fourth-order valence-electron chi connectivity index (χ4n) is 0.735. The highest BCUT2D eigenvalue weighted by atomic mass is 127. The van der Waals surface area contributed by atoms with Gasteiger partial charge in [-0.25, -0.2) is 0 Å². The number of alkyl halides is 3. The molecule has 0 aromatic carbocycles. The maximum Gasteiger partial charge on any atom is 0.455 e. The number of carbonyl (C=O) groups excluding carboxylic acids is 1. The molecule has 15 heavy (non-hydrogen) atoms. The highest BCUT2D eigenvalue weighted by Crippen LogP contribution is 2.33. The average molecular weight is 351 g/mol. The zero-order chi connectivity index (χ0) is 11.8. The largest absolute Gasteiger partial charge is 0.455 e. The van der Waals surface area contributed by atoms with Gasteiger partial charge in [0, 0.05) is 6.07 Å². The molecule has 0 aliphatic carbocycles. The highest BCUT2D eigenvalue weighted by Gasteiger charge is 2.41. The minimum atomic E-state index is -5.00. The third kappa shape index (κ3) is 2.65. The van der Waals surface area contributed by atoms with Gasteiger partial charge in [0.15, 0.2) is 0 Å². The third-order valence-corrected chi connectivity index (χ3v) is 3.47. The van der Waals surface area contributed by atoms with Crippen LogP contribution in [0, 0.1) is 13.0 Å². The predicted molar refractivity (Wildman–Crippen MR) is 54.1 cm³/mol. The lowest BCUT2D eigenvalue weighted by molar-refractivity contribution is -0.385. The molecule has 0 fully saturated rings. The number of rotatable bonds is 2. The maximum absolute atomic E-state index is 12.0. The van der Waals surface area contributed by atoms with Crippen LogP contribution in [0.1, 0.15) is 9.67 Å². The monoisotopic (exact) mass is 351 g/mol. The average Bonchev–Trinajstić information content (AvgIpc) is 2.44. The highest BCUT2D eigenvalue weighted by molar-refractivity contribution is 14.1. The first kappa shape index (κ1) is 12.4. The van der Waals surface area contributed by atoms with Crippen LogP contribution in [0.2, 0.25) is 0 Å². The van der Waals surface area contributed by atoms with Crippen LogP contribution in [-0.2, 0) is 0 Å². The number of carbonyl (C=O) groups is 1. The Kier molecular flexibility index (Phi) is 3.33. The van der Waals surface area contributed by atoms with E-state index >= 15 is 0 Å². The molecule has 0 aliphatic heterocycles. The minimum absolute atomic E-state index is 0.0465. The fraction of sp³-hybridized carbons (Fsp3) is 0.167. The molecule has 1 aromatic heterocycles. The molecule has 0 spiro atoms. The van der Waals surface area contributed by atoms with Gasteiger partial charge in [0.05, 0.1) is 9.80 Å². The standard InChI is InChI=1S/C6HF3INO3S/c7-6(8,9)4(12)3-1-2(11(13)14)5(10)15-3/h1H. The molecule has 0 aliphatic rings. The number of nitro groups is 1. The predicted octanol–water partition coefficient (Wildman–Crippen LogP) is 3.01. The van der Waals surface area contributed by atoms with Gasteiger partial charge in [-0.05, 0) is 22.6 Å². The number of thiophene rings is 1. The number of halogens is 4. The third-order valence-electron chi connectivity index (χ3n) is 1.35. The van der Waals surface area contributed by atoms with Gasteiger partial charge in [0.2, 0.25) is 0 Å². The molecule has 0 saturated heterocycles. The van der Waals surface area contributed by atoms with Crippen LogP contribution in [0.4, 0.5) is 18.9 Å². The molecule has 4 nitrogen and oxygen atoms in total. The lowest BCUT2D eigenvalue weighted by Crippen LogP contribution is -2.21. The Bertz CT molecular complexity index is 428. The Balaban J connectivity index is 3.14. The molecule has 0 N–H and O–H groups in total. The number of hydrogen-bond donors (Lipinski definition) is 0. The van der Waals surface area contributed by atoms with Gasteiger partial charge >= 0.3 is 6.18 Å². The van der Waals surface area contributed by atoms with Crippen molar-refractivity contribution < 1.29 is 22.9 Å². The van der Waals surface area contributed by atoms with Crippen LogP contribution >= 0.6 is 33.9 Å². The fourth-order valence-corrected chi connectivity index (χ4v) is 2.61. The molecule has 0 unspecified atom stereocenters. The van der Waals surface area contributed by atoms with Crippen LogP contribution in [0.25, 0.3) is 0 Å². The number of nitrogens with zero attached hydrogens (tertiary/aromatic N) is 1. The van der Waals surface area contributed by atoms with Gasteiger partial charge in [-0.15, -0.1) is 11.3 Å². The summed E-state index contributed by atoms with van der Waals surface area (Å²) in [7, 11) is 0. The van der Waals surface area contributed by atoms with E-state index in [-0.39, 0.29) is 2.88 Å². The number of Topliss-reactive ketones (excluding diaryl/α,β-unsaturated/α-hetero) is 1. The van der Waals surface area contributed by atoms with E-state index in [4.69, 9.17) is 0 Å². The molecule has 9 heteroatoms. The topological polar surface area (TPSA) is 60.2 Å². The van der Waals surface area contributed by atoms with E-state index in [1.807, 2.05) is 0 Å². The van der Waals surface area contributed by atoms with Crippen LogP contribution in [0.3, 0.4) is 0 Å². The molecule has 0 saturated carbocycles. The summed E-state index contributed by atoms with van der Waals surface area (Å²) in [4.78, 5) is 19.5. The van der Waals surface area contributed by atoms with Gasteiger partial charge in [-0.1, -0.05) is 0 Å². The molecule has 1 aromatic rings. The summed E-state index contributed by atoms with van der Waals surface area (Å²) < 4.78 is 35.9. The minimum Gasteiger partial charge on any atom is -0.283 e. The van der Waals surface area contributed by atoms with E-state index in [9.17, 15) is 28.1 Å². The zero-order valence-electron chi connectivity index (χ0n) is 6.67. The molecule has 0 radical (unpaired) electrons. The summed E-state index contributed by atoms with van der Waals surface area (Å²) in [6, 6.07) is 0.641. The van der Waals surface area contributed by atoms with Gasteiger partial charge in [-0.2, -0.15) is 13.2 Å². The summed E-state index contributed by atoms with van der Waals surface area (Å²) in [6.07, 6.45) is -5.00. The Morgan fingerprint density at radius 3 is 2.40 bits per heavy atom. The summed E-state index contributed by atoms with van der Waals surface area (Å²) in [6.45, 7) is 0. The zero-order valence-corrected chi connectivity index (χ0v) is 9.64. The Morgan fingerprint density at radius 2 is 2.07 bits per heavy atom. The van der Waals surface area contributed by atoms with E-state index in [1.54, 1.807) is 0 Å². The van der Waals surface area contributed by atoms with Crippen molar-refractivity contribution in [2.24, 2.45) is 0 Å². The Labute approximate surface area is 98.4 Å². The van der Waals surface area contributed by atoms with Crippen molar-refractivity contribution in [3.63, 3.8) is 0 Å². The van der Waals surface area contributed by atoms with Gasteiger partial charge in [0.25, 0.3) is 11.5 Å². The quantitative estimate of drug-likeness (QED) is 0.356. The lowest BCUT2D eigenvalue weighted by Gasteiger charge is -2.00. The van der Waals surface area contributed by atoms with E-state index in [0.29, 0.717) is 17.4 Å². The lowest BCUT2D eigenvalue weighted by atomic mass is 10.3. The Hall–Kier alpha value is -0.710. The van der Waals surface area contributed by atoms with Crippen molar-refractivity contribution in [2.45, 2.75) is 6.18 Å². The van der Waals surface area contributed by atoms with Crippen LogP contribution in [0.15, 0.2) is 6.07 Å². The van der Waals surface area contributed by atoms with Gasteiger partial charge < -0.3 is 0 Å². The first-order chi connectivity index (χ1) is 6.73. The molecule has 82 valence electrons. The van der Waals surface area contributed by atoms with Crippen LogP contribution in [0.5, 0.6) is 0 Å². The summed E-state index contributed by atoms with van der Waals surface area (Å²) in [5.74, 6) is -2.06. The second-order valence-electron chi connectivity index (χ2n) is 2.35. The number of ketones is 1. The maximum atomic E-state index is 12.0. The van der Waals surface area contributed by atoms with E-state index in [1.165, 1.54) is 22.6 Å². The second-order valence-corrected chi connectivity index (χ2v) is 5.22. The molecule has 1 rings (SSSR count). The number of hydrogen-bond acceptors (Lipinski definition) is 4. The second kappa shape index (κ2) is 4.04. The molecule has 0 bridgehead atoms. The first-order valence-electron chi connectivity index (χ1n) is 3.28. The molecular weight excluding hydrogens is 350 g/mol. The van der Waals surface area contributed by atoms with Crippen molar-refractivity contribution in [3.8, 4) is 0 Å². The summed E-state index contributed by atoms with van der Waals surface area (Å²) in [5, 5.41) is 10.3. The van der Waals surface area contributed by atoms with Crippen LogP contribution < -0.4 is 0 Å².